The number of rotatable bonds is 7. The third-order valence-electron chi connectivity index (χ3n) is 2.48. The van der Waals surface area contributed by atoms with Crippen molar-refractivity contribution in [2.75, 3.05) is 0 Å². The van der Waals surface area contributed by atoms with Crippen LogP contribution in [0.25, 0.3) is 0 Å². The van der Waals surface area contributed by atoms with Gasteiger partial charge in [-0.05, 0) is 11.1 Å². The van der Waals surface area contributed by atoms with Crippen LogP contribution in [0.3, 0.4) is 0 Å². The van der Waals surface area contributed by atoms with Crippen molar-refractivity contribution in [3.8, 4) is 0 Å². The van der Waals surface area contributed by atoms with E-state index in [0.717, 1.165) is 6.42 Å². The number of hydrogen-bond donors (Lipinski definition) is 3. The smallest absolute Gasteiger partial charge is 0.366 e. The lowest BCUT2D eigenvalue weighted by molar-refractivity contribution is -0.175. The summed E-state index contributed by atoms with van der Waals surface area (Å²) in [7, 11) is -5.84. The fourth-order valence-corrected chi connectivity index (χ4v) is 8.12. The van der Waals surface area contributed by atoms with Crippen molar-refractivity contribution in [3.05, 3.63) is 35.9 Å². The molecule has 0 aliphatic carbocycles. The van der Waals surface area contributed by atoms with E-state index in [1.807, 2.05) is 18.2 Å². The molecule has 1 aromatic carbocycles. The summed E-state index contributed by atoms with van der Waals surface area (Å²) >= 11 is 0. The predicted molar refractivity (Wildman–Crippen MR) is 71.1 cm³/mol. The summed E-state index contributed by atoms with van der Waals surface area (Å²) in [6, 6.07) is 10.2. The Labute approximate surface area is 106 Å². The van der Waals surface area contributed by atoms with E-state index in [1.165, 1.54) is 5.56 Å². The summed E-state index contributed by atoms with van der Waals surface area (Å²) in [6.45, 7) is 2.13. The van der Waals surface area contributed by atoms with Crippen LogP contribution < -0.4 is 0 Å². The fourth-order valence-electron chi connectivity index (χ4n) is 1.64. The second-order valence-electron chi connectivity index (χ2n) is 3.78. The van der Waals surface area contributed by atoms with Gasteiger partial charge in [0, 0.05) is 0 Å². The van der Waals surface area contributed by atoms with E-state index in [9.17, 15) is 0 Å². The van der Waals surface area contributed by atoms with Crippen LogP contribution in [-0.2, 0) is 9.15 Å². The molecule has 0 bridgehead atoms. The van der Waals surface area contributed by atoms with Gasteiger partial charge in [0.15, 0.2) is 9.28 Å². The quantitative estimate of drug-likeness (QED) is 0.251. The highest BCUT2D eigenvalue weighted by atomic mass is 29.2. The van der Waals surface area contributed by atoms with E-state index in [-0.39, 0.29) is 0 Å². The van der Waals surface area contributed by atoms with Gasteiger partial charge in [-0.3, -0.25) is 0 Å². The van der Waals surface area contributed by atoms with E-state index >= 15 is 0 Å². The lowest BCUT2D eigenvalue weighted by Crippen LogP contribution is -2.40. The molecule has 5 nitrogen and oxygen atoms in total. The number of hydrogen-bond acceptors (Lipinski definition) is 5. The lowest BCUT2D eigenvalue weighted by atomic mass is 10.1. The van der Waals surface area contributed by atoms with Gasteiger partial charge in [-0.2, -0.15) is 0 Å². The highest BCUT2D eigenvalue weighted by Gasteiger charge is 2.32. The molecule has 17 heavy (non-hydrogen) atoms. The van der Waals surface area contributed by atoms with Gasteiger partial charge in [0.05, 0.1) is 9.04 Å². The Kier molecular flexibility index (Phi) is 6.22. The van der Waals surface area contributed by atoms with Crippen molar-refractivity contribution in [1.82, 2.24) is 0 Å². The van der Waals surface area contributed by atoms with Crippen LogP contribution in [0.4, 0.5) is 0 Å². The molecule has 0 spiro atoms. The molecule has 0 radical (unpaired) electrons. The zero-order chi connectivity index (χ0) is 12.7. The Bertz CT molecular complexity index is 316. The van der Waals surface area contributed by atoms with Gasteiger partial charge in [0.2, 0.25) is 0 Å². The zero-order valence-electron chi connectivity index (χ0n) is 9.74. The molecule has 1 aromatic rings. The molecular formula is C9H18O5Si3. The Balaban J connectivity index is 2.34. The SMILES string of the molecule is CCC([SiH2][SiH2]OO[Si](O)(O)O)c1ccccc1. The highest BCUT2D eigenvalue weighted by molar-refractivity contribution is 6.97. The molecule has 8 heteroatoms. The summed E-state index contributed by atoms with van der Waals surface area (Å²) in [4.78, 5) is 25.8. The monoisotopic (exact) mass is 290 g/mol. The van der Waals surface area contributed by atoms with Gasteiger partial charge in [-0.1, -0.05) is 43.7 Å². The van der Waals surface area contributed by atoms with Crippen LogP contribution >= 0.6 is 0 Å². The average molecular weight is 290 g/mol. The first kappa shape index (κ1) is 14.7. The second-order valence-corrected chi connectivity index (χ2v) is 10.3. The second kappa shape index (κ2) is 7.18. The molecule has 0 amide bonds. The Morgan fingerprint density at radius 3 is 2.41 bits per heavy atom. The van der Waals surface area contributed by atoms with Crippen LogP contribution in [0.2, 0.25) is 0 Å². The summed E-state index contributed by atoms with van der Waals surface area (Å²) in [6.07, 6.45) is 1.05. The first-order valence-corrected chi connectivity index (χ1v) is 12.7. The maximum Gasteiger partial charge on any atom is 0.698 e. The Morgan fingerprint density at radius 2 is 1.88 bits per heavy atom. The topological polar surface area (TPSA) is 79.2 Å². The standard InChI is InChI=1S/C9H18O5Si3/c1-2-9(8-6-4-3-5-7-8)15-16-13-14-17(10,11)12/h3-7,9-12H,2,15-16H2,1H3. The van der Waals surface area contributed by atoms with Crippen LogP contribution in [0.15, 0.2) is 30.3 Å². The van der Waals surface area contributed by atoms with Crippen molar-refractivity contribution in [3.63, 3.8) is 0 Å². The van der Waals surface area contributed by atoms with E-state index in [2.05, 4.69) is 23.6 Å². The maximum atomic E-state index is 8.60. The molecule has 96 valence electrons. The molecule has 0 aromatic heterocycles. The Hall–Kier alpha value is -0.329. The summed E-state index contributed by atoms with van der Waals surface area (Å²) in [5.41, 5.74) is 1.83. The average Bonchev–Trinajstić information content (AvgIpc) is 2.29. The largest absolute Gasteiger partial charge is 0.698 e. The molecular weight excluding hydrogens is 272 g/mol. The van der Waals surface area contributed by atoms with E-state index in [4.69, 9.17) is 19.0 Å². The molecule has 0 fully saturated rings. The van der Waals surface area contributed by atoms with Crippen LogP contribution in [0.1, 0.15) is 24.4 Å². The first-order chi connectivity index (χ1) is 8.03. The van der Waals surface area contributed by atoms with Gasteiger partial charge < -0.3 is 19.0 Å². The van der Waals surface area contributed by atoms with Crippen LogP contribution in [0.5, 0.6) is 0 Å². The molecule has 0 heterocycles. The molecule has 1 unspecified atom stereocenters. The van der Waals surface area contributed by atoms with E-state index in [1.54, 1.807) is 0 Å². The van der Waals surface area contributed by atoms with Crippen LogP contribution in [0, 0.1) is 0 Å². The molecule has 1 rings (SSSR count). The fraction of sp³-hybridized carbons (Fsp3) is 0.333. The summed E-state index contributed by atoms with van der Waals surface area (Å²) < 4.78 is 8.93. The van der Waals surface area contributed by atoms with Gasteiger partial charge in [0.1, 0.15) is 0 Å². The van der Waals surface area contributed by atoms with Crippen molar-refractivity contribution in [1.29, 1.82) is 0 Å². The van der Waals surface area contributed by atoms with Gasteiger partial charge in [0.25, 0.3) is 0 Å². The lowest BCUT2D eigenvalue weighted by Gasteiger charge is -2.15. The van der Waals surface area contributed by atoms with E-state index in [0.29, 0.717) is 5.54 Å². The molecule has 0 aliphatic heterocycles. The van der Waals surface area contributed by atoms with E-state index < -0.39 is 27.4 Å². The number of benzene rings is 1. The van der Waals surface area contributed by atoms with Crippen LogP contribution in [-0.4, -0.2) is 41.8 Å². The predicted octanol–water partition coefficient (Wildman–Crippen LogP) is -1.33. The van der Waals surface area contributed by atoms with Gasteiger partial charge in [-0.15, -0.1) is 0 Å². The third kappa shape index (κ3) is 6.24. The van der Waals surface area contributed by atoms with Gasteiger partial charge >= 0.3 is 9.05 Å². The van der Waals surface area contributed by atoms with Crippen molar-refractivity contribution in [2.45, 2.75) is 18.9 Å². The molecule has 0 aliphatic rings. The molecule has 0 saturated heterocycles. The summed E-state index contributed by atoms with van der Waals surface area (Å²) in [5.74, 6) is 0. The summed E-state index contributed by atoms with van der Waals surface area (Å²) in [5, 5.41) is 0. The minimum atomic E-state index is -4.48. The van der Waals surface area contributed by atoms with Crippen molar-refractivity contribution >= 4 is 27.4 Å². The van der Waals surface area contributed by atoms with Crippen molar-refractivity contribution in [2.24, 2.45) is 0 Å². The zero-order valence-corrected chi connectivity index (χ0v) is 13.6. The molecule has 1 atom stereocenters. The van der Waals surface area contributed by atoms with Crippen molar-refractivity contribution < 1.29 is 23.5 Å². The first-order valence-electron chi connectivity index (χ1n) is 5.55. The van der Waals surface area contributed by atoms with Gasteiger partial charge in [-0.25, -0.2) is 4.58 Å². The highest BCUT2D eigenvalue weighted by Crippen LogP contribution is 2.17. The Morgan fingerprint density at radius 1 is 1.24 bits per heavy atom. The third-order valence-corrected chi connectivity index (χ3v) is 8.63. The normalized spacial score (nSPS) is 15.1. The molecule has 3 N–H and O–H groups in total. The maximum absolute atomic E-state index is 8.60. The minimum absolute atomic E-state index is 0.461. The molecule has 0 saturated carbocycles. The minimum Gasteiger partial charge on any atom is -0.366 e.